The summed E-state index contributed by atoms with van der Waals surface area (Å²) in [6, 6.07) is 10.2. The van der Waals surface area contributed by atoms with Crippen LogP contribution in [0.1, 0.15) is 39.8 Å². The van der Waals surface area contributed by atoms with Gasteiger partial charge in [0.15, 0.2) is 5.69 Å². The molecule has 2 rings (SSSR count). The van der Waals surface area contributed by atoms with E-state index in [9.17, 15) is 9.90 Å². The molecule has 1 aromatic heterocycles. The van der Waals surface area contributed by atoms with Gasteiger partial charge in [-0.05, 0) is 18.5 Å². The Hall–Kier alpha value is -1.72. The molecule has 0 unspecified atom stereocenters. The van der Waals surface area contributed by atoms with Crippen molar-refractivity contribution in [1.82, 2.24) is 9.88 Å². The van der Waals surface area contributed by atoms with Gasteiger partial charge in [-0.2, -0.15) is 0 Å². The maximum Gasteiger partial charge on any atom is 0.355 e. The first kappa shape index (κ1) is 15.7. The maximum absolute atomic E-state index is 11.3. The van der Waals surface area contributed by atoms with Crippen molar-refractivity contribution >= 4 is 17.3 Å². The molecule has 1 aromatic carbocycles. The fourth-order valence-corrected chi connectivity index (χ4v) is 3.19. The van der Waals surface area contributed by atoms with Gasteiger partial charge in [0.25, 0.3) is 0 Å². The predicted octanol–water partition coefficient (Wildman–Crippen LogP) is 3.43. The van der Waals surface area contributed by atoms with E-state index in [0.717, 1.165) is 29.4 Å². The Morgan fingerprint density at radius 2 is 1.95 bits per heavy atom. The lowest BCUT2D eigenvalue weighted by atomic mass is 10.2. The van der Waals surface area contributed by atoms with Gasteiger partial charge in [0.2, 0.25) is 0 Å². The second-order valence-corrected chi connectivity index (χ2v) is 6.00. The molecule has 0 aliphatic heterocycles. The number of nitrogens with zero attached hydrogens (tertiary/aromatic N) is 2. The van der Waals surface area contributed by atoms with Crippen LogP contribution in [0.5, 0.6) is 0 Å². The van der Waals surface area contributed by atoms with Crippen molar-refractivity contribution in [3.8, 4) is 0 Å². The third-order valence-electron chi connectivity index (χ3n) is 3.31. The molecule has 0 aliphatic rings. The van der Waals surface area contributed by atoms with E-state index in [1.165, 1.54) is 16.9 Å². The Kier molecular flexibility index (Phi) is 5.47. The number of carbonyl (C=O) groups is 1. The van der Waals surface area contributed by atoms with Gasteiger partial charge >= 0.3 is 5.97 Å². The topological polar surface area (TPSA) is 53.4 Å². The van der Waals surface area contributed by atoms with Gasteiger partial charge in [0, 0.05) is 13.1 Å². The number of aryl methyl sites for hydroxylation is 1. The number of hydrogen-bond donors (Lipinski definition) is 1. The van der Waals surface area contributed by atoms with E-state index in [0.29, 0.717) is 6.54 Å². The standard InChI is InChI=1S/C16H20N2O2S/c1-3-14-17-15(16(19)20)13(21-14)11-18(4-2)10-12-8-6-5-7-9-12/h5-9H,3-4,10-11H2,1-2H3,(H,19,20). The van der Waals surface area contributed by atoms with Crippen molar-refractivity contribution in [1.29, 1.82) is 0 Å². The Balaban J connectivity index is 2.14. The van der Waals surface area contributed by atoms with Crippen LogP contribution in [0.2, 0.25) is 0 Å². The summed E-state index contributed by atoms with van der Waals surface area (Å²) in [7, 11) is 0. The summed E-state index contributed by atoms with van der Waals surface area (Å²) in [6.45, 7) is 6.40. The average molecular weight is 304 g/mol. The zero-order valence-corrected chi connectivity index (χ0v) is 13.2. The lowest BCUT2D eigenvalue weighted by Gasteiger charge is -2.19. The maximum atomic E-state index is 11.3. The molecule has 0 saturated carbocycles. The minimum atomic E-state index is -0.934. The van der Waals surface area contributed by atoms with Crippen LogP contribution in [0.3, 0.4) is 0 Å². The molecule has 0 amide bonds. The first-order chi connectivity index (χ1) is 10.1. The molecule has 2 aromatic rings. The van der Waals surface area contributed by atoms with E-state index < -0.39 is 5.97 Å². The minimum absolute atomic E-state index is 0.211. The van der Waals surface area contributed by atoms with Crippen LogP contribution >= 0.6 is 11.3 Å². The van der Waals surface area contributed by atoms with Crippen molar-refractivity contribution in [2.75, 3.05) is 6.54 Å². The molecule has 1 heterocycles. The summed E-state index contributed by atoms with van der Waals surface area (Å²) >= 11 is 1.51. The van der Waals surface area contributed by atoms with Gasteiger partial charge in [0.05, 0.1) is 9.88 Å². The smallest absolute Gasteiger partial charge is 0.355 e. The Morgan fingerprint density at radius 3 is 2.52 bits per heavy atom. The number of hydrogen-bond acceptors (Lipinski definition) is 4. The number of benzene rings is 1. The van der Waals surface area contributed by atoms with Crippen LogP contribution in [0.25, 0.3) is 0 Å². The van der Waals surface area contributed by atoms with Gasteiger partial charge in [-0.1, -0.05) is 44.2 Å². The van der Waals surface area contributed by atoms with E-state index >= 15 is 0 Å². The number of carboxylic acid groups (broad SMARTS) is 1. The predicted molar refractivity (Wildman–Crippen MR) is 84.7 cm³/mol. The van der Waals surface area contributed by atoms with Crippen LogP contribution in [-0.2, 0) is 19.5 Å². The van der Waals surface area contributed by atoms with Gasteiger partial charge < -0.3 is 5.11 Å². The van der Waals surface area contributed by atoms with Gasteiger partial charge in [-0.25, -0.2) is 9.78 Å². The summed E-state index contributed by atoms with van der Waals surface area (Å²) < 4.78 is 0. The first-order valence-corrected chi connectivity index (χ1v) is 7.93. The van der Waals surface area contributed by atoms with Crippen LogP contribution in [0, 0.1) is 0 Å². The SMILES string of the molecule is CCc1nc(C(=O)O)c(CN(CC)Cc2ccccc2)s1. The fourth-order valence-electron chi connectivity index (χ4n) is 2.15. The van der Waals surface area contributed by atoms with E-state index in [-0.39, 0.29) is 5.69 Å². The summed E-state index contributed by atoms with van der Waals surface area (Å²) in [5, 5.41) is 10.2. The summed E-state index contributed by atoms with van der Waals surface area (Å²) in [6.07, 6.45) is 0.774. The molecule has 0 bridgehead atoms. The normalized spacial score (nSPS) is 11.0. The minimum Gasteiger partial charge on any atom is -0.476 e. The molecule has 0 aliphatic carbocycles. The highest BCUT2D eigenvalue weighted by Gasteiger charge is 2.18. The highest BCUT2D eigenvalue weighted by molar-refractivity contribution is 7.11. The zero-order chi connectivity index (χ0) is 15.2. The largest absolute Gasteiger partial charge is 0.476 e. The molecular formula is C16H20N2O2S. The summed E-state index contributed by atoms with van der Waals surface area (Å²) in [5.41, 5.74) is 1.44. The fraction of sp³-hybridized carbons (Fsp3) is 0.375. The molecule has 0 spiro atoms. The third-order valence-corrected chi connectivity index (χ3v) is 4.49. The highest BCUT2D eigenvalue weighted by atomic mass is 32.1. The number of carboxylic acids is 1. The van der Waals surface area contributed by atoms with Crippen molar-refractivity contribution in [3.63, 3.8) is 0 Å². The van der Waals surface area contributed by atoms with Gasteiger partial charge in [0.1, 0.15) is 0 Å². The molecule has 4 nitrogen and oxygen atoms in total. The number of rotatable bonds is 7. The molecular weight excluding hydrogens is 284 g/mol. The molecule has 0 saturated heterocycles. The zero-order valence-electron chi connectivity index (χ0n) is 12.4. The second-order valence-electron chi connectivity index (χ2n) is 4.83. The molecule has 21 heavy (non-hydrogen) atoms. The van der Waals surface area contributed by atoms with Crippen LogP contribution in [0.4, 0.5) is 0 Å². The number of aromatic carboxylic acids is 1. The van der Waals surface area contributed by atoms with E-state index in [2.05, 4.69) is 28.9 Å². The average Bonchev–Trinajstić information content (AvgIpc) is 2.91. The first-order valence-electron chi connectivity index (χ1n) is 7.12. The molecule has 0 radical (unpaired) electrons. The van der Waals surface area contributed by atoms with Crippen molar-refractivity contribution in [3.05, 3.63) is 51.5 Å². The van der Waals surface area contributed by atoms with E-state index in [1.807, 2.05) is 25.1 Å². The van der Waals surface area contributed by atoms with Crippen molar-refractivity contribution < 1.29 is 9.90 Å². The number of thiazole rings is 1. The van der Waals surface area contributed by atoms with E-state index in [4.69, 9.17) is 0 Å². The van der Waals surface area contributed by atoms with Crippen LogP contribution in [-0.4, -0.2) is 27.5 Å². The Bertz CT molecular complexity index is 596. The second kappa shape index (κ2) is 7.33. The molecule has 112 valence electrons. The van der Waals surface area contributed by atoms with Gasteiger partial charge in [-0.3, -0.25) is 4.90 Å². The lowest BCUT2D eigenvalue weighted by molar-refractivity contribution is 0.0688. The Labute approximate surface area is 129 Å². The lowest BCUT2D eigenvalue weighted by Crippen LogP contribution is -2.22. The summed E-state index contributed by atoms with van der Waals surface area (Å²) in [5.74, 6) is -0.934. The molecule has 0 atom stereocenters. The highest BCUT2D eigenvalue weighted by Crippen LogP contribution is 2.22. The van der Waals surface area contributed by atoms with E-state index in [1.54, 1.807) is 0 Å². The molecule has 1 N–H and O–H groups in total. The van der Waals surface area contributed by atoms with Crippen molar-refractivity contribution in [2.24, 2.45) is 0 Å². The molecule has 5 heteroatoms. The summed E-state index contributed by atoms with van der Waals surface area (Å²) in [4.78, 5) is 18.6. The van der Waals surface area contributed by atoms with Crippen LogP contribution < -0.4 is 0 Å². The number of aromatic nitrogens is 1. The molecule has 0 fully saturated rings. The van der Waals surface area contributed by atoms with Crippen LogP contribution in [0.15, 0.2) is 30.3 Å². The monoisotopic (exact) mass is 304 g/mol. The quantitative estimate of drug-likeness (QED) is 0.851. The Morgan fingerprint density at radius 1 is 1.24 bits per heavy atom. The van der Waals surface area contributed by atoms with Crippen molar-refractivity contribution in [2.45, 2.75) is 33.4 Å². The van der Waals surface area contributed by atoms with Gasteiger partial charge in [-0.15, -0.1) is 11.3 Å². The third kappa shape index (κ3) is 4.12.